The van der Waals surface area contributed by atoms with Crippen LogP contribution in [0.5, 0.6) is 17.2 Å². The minimum Gasteiger partial charge on any atom is -0.503 e. The highest BCUT2D eigenvalue weighted by Gasteiger charge is 2.19. The van der Waals surface area contributed by atoms with Gasteiger partial charge in [0, 0.05) is 18.3 Å². The zero-order valence-electron chi connectivity index (χ0n) is 14.5. The van der Waals surface area contributed by atoms with Crippen molar-refractivity contribution in [3.8, 4) is 17.2 Å². The Morgan fingerprint density at radius 1 is 1.27 bits per heavy atom. The number of carbonyl (C=O) groups excluding carboxylic acids is 1. The molecule has 0 radical (unpaired) electrons. The fraction of sp³-hybridized carbons (Fsp3) is 0.368. The maximum Gasteiger partial charge on any atom is 0.278 e. The molecule has 1 fully saturated rings. The molecule has 6 nitrogen and oxygen atoms in total. The number of methoxy groups -OCH3 is 1. The Hall–Kier alpha value is -2.83. The monoisotopic (exact) mass is 360 g/mol. The van der Waals surface area contributed by atoms with Crippen LogP contribution in [0.1, 0.15) is 42.6 Å². The number of hydrogen-bond acceptors (Lipinski definition) is 5. The molecule has 0 spiro atoms. The minimum atomic E-state index is -0.735. The fourth-order valence-corrected chi connectivity index (χ4v) is 2.99. The van der Waals surface area contributed by atoms with Gasteiger partial charge < -0.3 is 19.9 Å². The van der Waals surface area contributed by atoms with Crippen molar-refractivity contribution in [3.05, 3.63) is 42.0 Å². The third-order valence-corrected chi connectivity index (χ3v) is 4.37. The van der Waals surface area contributed by atoms with E-state index in [1.165, 1.54) is 37.9 Å². The van der Waals surface area contributed by atoms with Gasteiger partial charge in [0.15, 0.2) is 17.2 Å². The highest BCUT2D eigenvalue weighted by atomic mass is 19.1. The number of hydrogen-bond donors (Lipinski definition) is 2. The zero-order chi connectivity index (χ0) is 18.5. The van der Waals surface area contributed by atoms with Crippen LogP contribution in [0.3, 0.4) is 0 Å². The van der Waals surface area contributed by atoms with Crippen molar-refractivity contribution in [1.82, 2.24) is 4.98 Å². The number of pyridine rings is 1. The molecule has 1 saturated carbocycles. The molecule has 3 rings (SSSR count). The molecule has 1 aliphatic rings. The summed E-state index contributed by atoms with van der Waals surface area (Å²) in [5, 5.41) is 12.4. The Morgan fingerprint density at radius 3 is 2.73 bits per heavy atom. The maximum atomic E-state index is 14.3. The third kappa shape index (κ3) is 4.04. The summed E-state index contributed by atoms with van der Waals surface area (Å²) in [6.45, 7) is 0. The number of benzene rings is 1. The number of nitrogens with zero attached hydrogens (tertiary/aromatic N) is 1. The van der Waals surface area contributed by atoms with Crippen LogP contribution in [0.4, 0.5) is 10.1 Å². The van der Waals surface area contributed by atoms with E-state index in [1.54, 1.807) is 6.07 Å². The van der Waals surface area contributed by atoms with Crippen molar-refractivity contribution in [2.45, 2.75) is 38.2 Å². The number of aromatic nitrogens is 1. The number of rotatable bonds is 5. The Balaban J connectivity index is 1.71. The Kier molecular flexibility index (Phi) is 5.55. The molecule has 0 aliphatic heterocycles. The lowest BCUT2D eigenvalue weighted by atomic mass is 9.98. The van der Waals surface area contributed by atoms with Gasteiger partial charge in [0.05, 0.1) is 18.9 Å². The van der Waals surface area contributed by atoms with E-state index >= 15 is 0 Å². The van der Waals surface area contributed by atoms with Crippen LogP contribution < -0.4 is 14.8 Å². The molecule has 26 heavy (non-hydrogen) atoms. The van der Waals surface area contributed by atoms with Crippen molar-refractivity contribution < 1.29 is 23.8 Å². The van der Waals surface area contributed by atoms with Crippen LogP contribution in [0.25, 0.3) is 0 Å². The molecule has 2 N–H and O–H groups in total. The molecule has 7 heteroatoms. The van der Waals surface area contributed by atoms with Crippen molar-refractivity contribution in [3.63, 3.8) is 0 Å². The molecule has 138 valence electrons. The number of anilines is 1. The van der Waals surface area contributed by atoms with Gasteiger partial charge in [0.25, 0.3) is 5.91 Å². The molecule has 0 atom stereocenters. The molecule has 1 aliphatic carbocycles. The number of aromatic hydroxyl groups is 1. The predicted octanol–water partition coefficient (Wildman–Crippen LogP) is 3.90. The van der Waals surface area contributed by atoms with Crippen LogP contribution in [0.15, 0.2) is 30.5 Å². The molecular weight excluding hydrogens is 339 g/mol. The van der Waals surface area contributed by atoms with E-state index in [2.05, 4.69) is 10.3 Å². The van der Waals surface area contributed by atoms with Gasteiger partial charge in [0.1, 0.15) is 11.6 Å². The summed E-state index contributed by atoms with van der Waals surface area (Å²) in [7, 11) is 1.36. The summed E-state index contributed by atoms with van der Waals surface area (Å²) in [4.78, 5) is 16.1. The normalized spacial score (nSPS) is 14.7. The highest BCUT2D eigenvalue weighted by molar-refractivity contribution is 6.05. The van der Waals surface area contributed by atoms with Crippen LogP contribution in [0, 0.1) is 5.82 Å². The van der Waals surface area contributed by atoms with E-state index in [1.807, 2.05) is 0 Å². The molecule has 1 amide bonds. The predicted molar refractivity (Wildman–Crippen MR) is 94.3 cm³/mol. The van der Waals surface area contributed by atoms with Crippen molar-refractivity contribution in [2.75, 3.05) is 12.4 Å². The number of ether oxygens (including phenoxy) is 2. The number of amides is 1. The van der Waals surface area contributed by atoms with Crippen LogP contribution in [0.2, 0.25) is 0 Å². The lowest BCUT2D eigenvalue weighted by Gasteiger charge is -2.23. The van der Waals surface area contributed by atoms with Gasteiger partial charge in [-0.05, 0) is 37.8 Å². The second-order valence-electron chi connectivity index (χ2n) is 6.18. The van der Waals surface area contributed by atoms with Crippen LogP contribution in [-0.2, 0) is 0 Å². The largest absolute Gasteiger partial charge is 0.503 e. The smallest absolute Gasteiger partial charge is 0.278 e. The van der Waals surface area contributed by atoms with Crippen molar-refractivity contribution in [1.29, 1.82) is 0 Å². The van der Waals surface area contributed by atoms with Gasteiger partial charge in [-0.1, -0.05) is 6.42 Å². The third-order valence-electron chi connectivity index (χ3n) is 4.37. The molecule has 1 aromatic carbocycles. The van der Waals surface area contributed by atoms with E-state index in [0.717, 1.165) is 25.7 Å². The highest BCUT2D eigenvalue weighted by Crippen LogP contribution is 2.29. The lowest BCUT2D eigenvalue weighted by Crippen LogP contribution is -2.20. The first-order valence-electron chi connectivity index (χ1n) is 8.58. The van der Waals surface area contributed by atoms with E-state index in [4.69, 9.17) is 9.47 Å². The Bertz CT molecular complexity index is 791. The lowest BCUT2D eigenvalue weighted by molar-refractivity contribution is 0.101. The molecule has 2 aromatic rings. The van der Waals surface area contributed by atoms with Gasteiger partial charge in [0.2, 0.25) is 0 Å². The van der Waals surface area contributed by atoms with E-state index < -0.39 is 17.5 Å². The van der Waals surface area contributed by atoms with Crippen LogP contribution in [-0.4, -0.2) is 29.2 Å². The fourth-order valence-electron chi connectivity index (χ4n) is 2.99. The minimum absolute atomic E-state index is 0.0185. The van der Waals surface area contributed by atoms with E-state index in [-0.39, 0.29) is 23.2 Å². The molecular formula is C19H21FN2O4. The molecule has 0 bridgehead atoms. The van der Waals surface area contributed by atoms with Crippen LogP contribution >= 0.6 is 0 Å². The van der Waals surface area contributed by atoms with Crippen molar-refractivity contribution >= 4 is 11.6 Å². The average molecular weight is 360 g/mol. The summed E-state index contributed by atoms with van der Waals surface area (Å²) in [5.41, 5.74) is -0.263. The first kappa shape index (κ1) is 18.0. The topological polar surface area (TPSA) is 80.7 Å². The molecule has 1 aromatic heterocycles. The van der Waals surface area contributed by atoms with E-state index in [9.17, 15) is 14.3 Å². The Morgan fingerprint density at radius 2 is 2.04 bits per heavy atom. The summed E-state index contributed by atoms with van der Waals surface area (Å²) in [6.07, 6.45) is 6.84. The molecule has 0 saturated heterocycles. The number of halogens is 1. The molecule has 1 heterocycles. The van der Waals surface area contributed by atoms with Gasteiger partial charge in [-0.15, -0.1) is 0 Å². The summed E-state index contributed by atoms with van der Waals surface area (Å²) < 4.78 is 25.1. The van der Waals surface area contributed by atoms with Gasteiger partial charge in [-0.2, -0.15) is 0 Å². The summed E-state index contributed by atoms with van der Waals surface area (Å²) in [6, 6.07) is 5.72. The quantitative estimate of drug-likeness (QED) is 0.845. The summed E-state index contributed by atoms with van der Waals surface area (Å²) >= 11 is 0. The zero-order valence-corrected chi connectivity index (χ0v) is 14.5. The number of nitrogens with one attached hydrogen (secondary N) is 1. The number of carbonyl (C=O) groups is 1. The van der Waals surface area contributed by atoms with Crippen molar-refractivity contribution in [2.24, 2.45) is 0 Å². The molecule has 0 unspecified atom stereocenters. The van der Waals surface area contributed by atoms with Gasteiger partial charge >= 0.3 is 0 Å². The standard InChI is InChI=1S/C19H21FN2O4/c1-25-16-9-10-21-17(18(16)23)19(24)22-15-8-7-13(11-14(15)20)26-12-5-3-2-4-6-12/h7-12,23H,2-6H2,1H3,(H,22,24). The first-order valence-corrected chi connectivity index (χ1v) is 8.58. The van der Waals surface area contributed by atoms with E-state index in [0.29, 0.717) is 5.75 Å². The average Bonchev–Trinajstić information content (AvgIpc) is 2.65. The van der Waals surface area contributed by atoms with Gasteiger partial charge in [-0.25, -0.2) is 9.37 Å². The second-order valence-corrected chi connectivity index (χ2v) is 6.18. The van der Waals surface area contributed by atoms with Gasteiger partial charge in [-0.3, -0.25) is 4.79 Å². The SMILES string of the molecule is COc1ccnc(C(=O)Nc2ccc(OC3CCCCC3)cc2F)c1O. The summed E-state index contributed by atoms with van der Waals surface area (Å²) in [5.74, 6) is -1.20. The second kappa shape index (κ2) is 8.03. The Labute approximate surface area is 151 Å². The maximum absolute atomic E-state index is 14.3. The first-order chi connectivity index (χ1) is 12.6.